The summed E-state index contributed by atoms with van der Waals surface area (Å²) < 4.78 is 20.2. The highest BCUT2D eigenvalue weighted by atomic mass is 32.1. The second-order valence-corrected chi connectivity index (χ2v) is 25.9. The van der Waals surface area contributed by atoms with Gasteiger partial charge < -0.3 is 9.47 Å². The highest BCUT2D eigenvalue weighted by Crippen LogP contribution is 2.51. The fraction of sp³-hybridized carbons (Fsp3) is 0.448. The third-order valence-corrected chi connectivity index (χ3v) is 21.9. The Morgan fingerprint density at radius 3 is 1.25 bits per heavy atom. The van der Waals surface area contributed by atoms with E-state index in [1.54, 1.807) is 0 Å². The monoisotopic (exact) mass is 1020 g/mol. The van der Waals surface area contributed by atoms with E-state index in [-0.39, 0.29) is 0 Å². The molecule has 9 rings (SSSR count). The minimum Gasteiger partial charge on any atom is -0.381 e. The first-order chi connectivity index (χ1) is 33.1. The fourth-order valence-electron chi connectivity index (χ4n) is 9.20. The lowest BCUT2D eigenvalue weighted by Crippen LogP contribution is -1.98. The Hall–Kier alpha value is -2.70. The molecular formula is C58H68O2S7. The highest BCUT2D eigenvalue weighted by Gasteiger charge is 2.19. The quantitative estimate of drug-likeness (QED) is 0.0418. The van der Waals surface area contributed by atoms with Crippen LogP contribution in [-0.2, 0) is 22.3 Å². The molecule has 0 N–H and O–H groups in total. The van der Waals surface area contributed by atoms with Crippen molar-refractivity contribution in [3.8, 4) is 40.4 Å². The molecule has 0 aliphatic carbocycles. The maximum Gasteiger partial charge on any atom is 0.0642 e. The van der Waals surface area contributed by atoms with Crippen LogP contribution in [0.2, 0.25) is 0 Å². The number of hydrogen-bond acceptors (Lipinski definition) is 9. The predicted molar refractivity (Wildman–Crippen MR) is 307 cm³/mol. The zero-order valence-electron chi connectivity index (χ0n) is 39.7. The normalized spacial score (nSPS) is 12.1. The summed E-state index contributed by atoms with van der Waals surface area (Å²) in [5.74, 6) is 0. The number of thiophene rings is 7. The van der Waals surface area contributed by atoms with Gasteiger partial charge >= 0.3 is 0 Å². The maximum atomic E-state index is 5.99. The molecule has 67 heavy (non-hydrogen) atoms. The third kappa shape index (κ3) is 13.0. The molecule has 0 aliphatic rings. The van der Waals surface area contributed by atoms with E-state index in [4.69, 9.17) is 9.47 Å². The van der Waals surface area contributed by atoms with Crippen LogP contribution in [-0.4, -0.2) is 26.4 Å². The van der Waals surface area contributed by atoms with Gasteiger partial charge in [0.05, 0.1) is 18.8 Å². The number of ether oxygens (including phenoxy) is 2. The van der Waals surface area contributed by atoms with Gasteiger partial charge in [-0.3, -0.25) is 0 Å². The van der Waals surface area contributed by atoms with Crippen LogP contribution in [0.25, 0.3) is 79.4 Å². The van der Waals surface area contributed by atoms with Crippen LogP contribution in [0.4, 0.5) is 0 Å². The standard InChI is InChI=1S/C58H68O2S7/c1-3-5-6-7-8-12-16-19-37-60-38-20-22-44-26-30-50(62-44)52-34-32-48(64-52)42-24-28-46-54(40-42)66-58-56(46)67-55-45-27-23-41(39-53(45)65-57(55)58)47-31-33-51(63-47)49-29-25-43(61-49)21-17-14-11-9-10-13-15-18-36-59-35-4-2/h23-34,39-40H,3-22,35-38H2,1-2H3. The van der Waals surface area contributed by atoms with Crippen LogP contribution >= 0.6 is 79.4 Å². The Labute approximate surface area is 428 Å². The molecule has 0 saturated heterocycles. The Bertz CT molecular complexity index is 2690. The summed E-state index contributed by atoms with van der Waals surface area (Å²) in [6.07, 6.45) is 26.0. The summed E-state index contributed by atoms with van der Waals surface area (Å²) in [5.41, 5.74) is 2.66. The van der Waals surface area contributed by atoms with Crippen LogP contribution in [0.3, 0.4) is 0 Å². The zero-order valence-corrected chi connectivity index (χ0v) is 45.4. The second kappa shape index (κ2) is 25.4. The first-order valence-electron chi connectivity index (χ1n) is 25.5. The SMILES string of the molecule is CCCCCCCCCCOCCCc1ccc(-c2ccc(-c3ccc4c(c3)sc3c4sc4c5ccc(-c6ccc(-c7ccc(CCCCCCCCCCOCCC)s7)s6)cc5sc43)s2)s1. The molecule has 0 amide bonds. The molecule has 0 aliphatic heterocycles. The lowest BCUT2D eigenvalue weighted by Gasteiger charge is -2.04. The number of benzene rings is 2. The van der Waals surface area contributed by atoms with Gasteiger partial charge in [0.15, 0.2) is 0 Å². The Kier molecular flexibility index (Phi) is 18.7. The van der Waals surface area contributed by atoms with E-state index in [1.807, 2.05) is 79.4 Å². The van der Waals surface area contributed by atoms with E-state index in [9.17, 15) is 0 Å². The lowest BCUT2D eigenvalue weighted by atomic mass is 10.1. The van der Waals surface area contributed by atoms with Crippen molar-refractivity contribution >= 4 is 118 Å². The molecule has 7 aromatic heterocycles. The van der Waals surface area contributed by atoms with E-state index in [0.29, 0.717) is 0 Å². The van der Waals surface area contributed by atoms with Crippen molar-refractivity contribution in [2.24, 2.45) is 0 Å². The third-order valence-electron chi connectivity index (χ3n) is 13.0. The van der Waals surface area contributed by atoms with Crippen LogP contribution in [0.15, 0.2) is 84.9 Å². The summed E-state index contributed by atoms with van der Waals surface area (Å²) in [6.45, 7) is 8.11. The van der Waals surface area contributed by atoms with Crippen molar-refractivity contribution in [2.75, 3.05) is 26.4 Å². The van der Waals surface area contributed by atoms with Gasteiger partial charge in [0, 0.05) is 85.6 Å². The smallest absolute Gasteiger partial charge is 0.0642 e. The van der Waals surface area contributed by atoms with Crippen LogP contribution in [0, 0.1) is 0 Å². The maximum absolute atomic E-state index is 5.99. The molecule has 0 atom stereocenters. The molecule has 0 saturated carbocycles. The summed E-state index contributed by atoms with van der Waals surface area (Å²) in [4.78, 5) is 11.3. The van der Waals surface area contributed by atoms with E-state index in [0.717, 1.165) is 45.7 Å². The largest absolute Gasteiger partial charge is 0.381 e. The van der Waals surface area contributed by atoms with Crippen molar-refractivity contribution in [1.29, 1.82) is 0 Å². The van der Waals surface area contributed by atoms with Crippen LogP contribution < -0.4 is 0 Å². The molecule has 0 unspecified atom stereocenters. The molecule has 354 valence electrons. The van der Waals surface area contributed by atoms with Crippen molar-refractivity contribution in [3.63, 3.8) is 0 Å². The van der Waals surface area contributed by atoms with Crippen molar-refractivity contribution in [1.82, 2.24) is 0 Å². The van der Waals surface area contributed by atoms with Gasteiger partial charge in [-0.2, -0.15) is 0 Å². The Morgan fingerprint density at radius 2 is 0.731 bits per heavy atom. The summed E-state index contributed by atoms with van der Waals surface area (Å²) in [5, 5.41) is 2.80. The number of rotatable bonds is 30. The van der Waals surface area contributed by atoms with E-state index >= 15 is 0 Å². The molecule has 7 heterocycles. The van der Waals surface area contributed by atoms with Crippen molar-refractivity contribution < 1.29 is 9.47 Å². The van der Waals surface area contributed by atoms with Gasteiger partial charge in [-0.05, 0) is 117 Å². The van der Waals surface area contributed by atoms with E-state index in [2.05, 4.69) is 98.8 Å². The number of aryl methyl sites for hydroxylation is 2. The number of hydrogen-bond donors (Lipinski definition) is 0. The molecule has 0 bridgehead atoms. The first-order valence-corrected chi connectivity index (χ1v) is 31.2. The van der Waals surface area contributed by atoms with Gasteiger partial charge in [-0.25, -0.2) is 0 Å². The number of fused-ring (bicyclic) bond motifs is 7. The Morgan fingerprint density at radius 1 is 0.313 bits per heavy atom. The molecule has 9 aromatic rings. The molecule has 9 heteroatoms. The fourth-order valence-corrected chi connectivity index (χ4v) is 17.8. The minimum atomic E-state index is 0.872. The second-order valence-electron chi connectivity index (χ2n) is 18.3. The number of unbranched alkanes of at least 4 members (excludes halogenated alkanes) is 14. The molecule has 2 nitrogen and oxygen atoms in total. The molecule has 2 aromatic carbocycles. The summed E-state index contributed by atoms with van der Waals surface area (Å²) in [6, 6.07) is 33.0. The van der Waals surface area contributed by atoms with E-state index < -0.39 is 0 Å². The summed E-state index contributed by atoms with van der Waals surface area (Å²) in [7, 11) is 0. The predicted octanol–water partition coefficient (Wildman–Crippen LogP) is 21.6. The molecule has 0 spiro atoms. The highest BCUT2D eigenvalue weighted by molar-refractivity contribution is 7.43. The van der Waals surface area contributed by atoms with Crippen molar-refractivity contribution in [2.45, 2.75) is 142 Å². The molecular weight excluding hydrogens is 953 g/mol. The summed E-state index contributed by atoms with van der Waals surface area (Å²) >= 11 is 13.8. The van der Waals surface area contributed by atoms with Gasteiger partial charge in [0.1, 0.15) is 0 Å². The van der Waals surface area contributed by atoms with Crippen LogP contribution in [0.1, 0.15) is 139 Å². The van der Waals surface area contributed by atoms with Gasteiger partial charge in [-0.15, -0.1) is 79.4 Å². The average molecular weight is 1020 g/mol. The lowest BCUT2D eigenvalue weighted by molar-refractivity contribution is 0.128. The minimum absolute atomic E-state index is 0.872. The van der Waals surface area contributed by atoms with Crippen molar-refractivity contribution in [3.05, 3.63) is 94.7 Å². The van der Waals surface area contributed by atoms with Gasteiger partial charge in [0.25, 0.3) is 0 Å². The van der Waals surface area contributed by atoms with Crippen LogP contribution in [0.5, 0.6) is 0 Å². The molecule has 0 radical (unpaired) electrons. The molecule has 0 fully saturated rings. The first kappa shape index (κ1) is 49.3. The van der Waals surface area contributed by atoms with Gasteiger partial charge in [-0.1, -0.05) is 122 Å². The average Bonchev–Trinajstić information content (AvgIpc) is 4.21. The van der Waals surface area contributed by atoms with E-state index in [1.165, 1.54) is 198 Å². The van der Waals surface area contributed by atoms with Gasteiger partial charge in [0.2, 0.25) is 0 Å². The Balaban J connectivity index is 0.764. The zero-order chi connectivity index (χ0) is 45.6. The topological polar surface area (TPSA) is 18.5 Å².